The van der Waals surface area contributed by atoms with Gasteiger partial charge in [-0.05, 0) is 18.6 Å². The van der Waals surface area contributed by atoms with Gasteiger partial charge in [0.1, 0.15) is 0 Å². The molecule has 0 bridgehead atoms. The van der Waals surface area contributed by atoms with Crippen molar-refractivity contribution in [3.63, 3.8) is 0 Å². The third-order valence-corrected chi connectivity index (χ3v) is 2.21. The molecule has 1 aromatic heterocycles. The van der Waals surface area contributed by atoms with Gasteiger partial charge in [0.05, 0.1) is 5.56 Å². The first-order valence-corrected chi connectivity index (χ1v) is 5.02. The predicted molar refractivity (Wildman–Crippen MR) is 57.9 cm³/mol. The van der Waals surface area contributed by atoms with Gasteiger partial charge in [0.15, 0.2) is 12.4 Å². The van der Waals surface area contributed by atoms with E-state index in [1.54, 1.807) is 0 Å². The second-order valence-electron chi connectivity index (χ2n) is 3.64. The molecule has 0 aliphatic carbocycles. The highest BCUT2D eigenvalue weighted by Gasteiger charge is 2.42. The molecule has 0 atom stereocenters. The Hall–Kier alpha value is -2.06. The first-order valence-electron chi connectivity index (χ1n) is 5.02. The van der Waals surface area contributed by atoms with Crippen molar-refractivity contribution in [1.29, 1.82) is 0 Å². The summed E-state index contributed by atoms with van der Waals surface area (Å²) in [5.74, 6) is -5.13. The van der Waals surface area contributed by atoms with E-state index < -0.39 is 30.7 Å². The lowest BCUT2D eigenvalue weighted by molar-refractivity contribution is -0.148. The van der Waals surface area contributed by atoms with Crippen LogP contribution in [0.1, 0.15) is 11.1 Å². The summed E-state index contributed by atoms with van der Waals surface area (Å²) < 4.78 is 54.0. The number of hydrogen-bond donors (Lipinski definition) is 2. The highest BCUT2D eigenvalue weighted by atomic mass is 19.3. The third kappa shape index (κ3) is 3.46. The lowest BCUT2D eigenvalue weighted by atomic mass is 10.1. The summed E-state index contributed by atoms with van der Waals surface area (Å²) in [4.78, 5) is 3.60. The van der Waals surface area contributed by atoms with E-state index in [-0.39, 0.29) is 5.56 Å². The van der Waals surface area contributed by atoms with E-state index >= 15 is 0 Å². The van der Waals surface area contributed by atoms with Crippen molar-refractivity contribution in [3.8, 4) is 5.88 Å². The Morgan fingerprint density at radius 3 is 2.74 bits per heavy atom. The van der Waals surface area contributed by atoms with Gasteiger partial charge in [-0.1, -0.05) is 5.16 Å². The van der Waals surface area contributed by atoms with Crippen LogP contribution in [-0.4, -0.2) is 35.0 Å². The minimum absolute atomic E-state index is 0.0323. The minimum atomic E-state index is -4.31. The molecule has 0 saturated heterocycles. The van der Waals surface area contributed by atoms with Gasteiger partial charge in [-0.2, -0.15) is 8.78 Å². The topological polar surface area (TPSA) is 80.7 Å². The Kier molecular flexibility index (Phi) is 4.52. The van der Waals surface area contributed by atoms with E-state index in [1.807, 2.05) is 0 Å². The molecule has 0 fully saturated rings. The maximum Gasteiger partial charge on any atom is 0.340 e. The Balaban J connectivity index is 3.00. The number of pyridine rings is 1. The molecule has 0 unspecified atom stereocenters. The Morgan fingerprint density at radius 1 is 1.58 bits per heavy atom. The average molecular weight is 281 g/mol. The molecular formula is C10H11F4N3O2. The van der Waals surface area contributed by atoms with Crippen LogP contribution in [0.2, 0.25) is 0 Å². The molecule has 5 nitrogen and oxygen atoms in total. The van der Waals surface area contributed by atoms with Crippen LogP contribution in [-0.2, 0) is 0 Å². The number of alkyl halides is 4. The molecule has 0 spiro atoms. The van der Waals surface area contributed by atoms with Gasteiger partial charge in [-0.15, -0.1) is 0 Å². The van der Waals surface area contributed by atoms with Gasteiger partial charge in [0.25, 0.3) is 0 Å². The maximum atomic E-state index is 12.7. The molecule has 0 radical (unpaired) electrons. The van der Waals surface area contributed by atoms with E-state index in [0.717, 1.165) is 0 Å². The number of hydrogen-bond acceptors (Lipinski definition) is 4. The standard InChI is InChI=1S/C10H11F4N3O2/c1-5-2-3-16-8(6(5)7(15)17-18)19-4-10(13,14)9(11)12/h2-3,9,18H,4H2,1H3,(H2,15,17). The summed E-state index contributed by atoms with van der Waals surface area (Å²) in [5.41, 5.74) is 5.74. The van der Waals surface area contributed by atoms with E-state index in [1.165, 1.54) is 19.2 Å². The number of nitrogens with zero attached hydrogens (tertiary/aromatic N) is 2. The second-order valence-corrected chi connectivity index (χ2v) is 3.64. The molecule has 0 saturated carbocycles. The average Bonchev–Trinajstić information content (AvgIpc) is 2.35. The Morgan fingerprint density at radius 2 is 2.21 bits per heavy atom. The fraction of sp³-hybridized carbons (Fsp3) is 0.400. The largest absolute Gasteiger partial charge is 0.470 e. The number of ether oxygens (including phenoxy) is 1. The third-order valence-electron chi connectivity index (χ3n) is 2.21. The highest BCUT2D eigenvalue weighted by Crippen LogP contribution is 2.25. The van der Waals surface area contributed by atoms with Crippen molar-refractivity contribution in [3.05, 3.63) is 23.4 Å². The molecule has 0 aliphatic rings. The maximum absolute atomic E-state index is 12.7. The van der Waals surface area contributed by atoms with Crippen molar-refractivity contribution >= 4 is 5.84 Å². The zero-order chi connectivity index (χ0) is 14.6. The van der Waals surface area contributed by atoms with Gasteiger partial charge in [-0.25, -0.2) is 13.8 Å². The normalized spacial score (nSPS) is 12.8. The van der Waals surface area contributed by atoms with Gasteiger partial charge in [0, 0.05) is 6.20 Å². The van der Waals surface area contributed by atoms with Gasteiger partial charge in [-0.3, -0.25) is 0 Å². The number of amidine groups is 1. The van der Waals surface area contributed by atoms with Crippen LogP contribution in [0.5, 0.6) is 5.88 Å². The Labute approximate surface area is 105 Å². The summed E-state index contributed by atoms with van der Waals surface area (Å²) in [6.45, 7) is -0.0278. The minimum Gasteiger partial charge on any atom is -0.470 e. The molecule has 106 valence electrons. The SMILES string of the molecule is Cc1ccnc(OCC(F)(F)C(F)F)c1/C(N)=N/O. The van der Waals surface area contributed by atoms with Crippen LogP contribution >= 0.6 is 0 Å². The number of nitrogens with two attached hydrogens (primary N) is 1. The molecule has 19 heavy (non-hydrogen) atoms. The van der Waals surface area contributed by atoms with Crippen molar-refractivity contribution in [1.82, 2.24) is 4.98 Å². The number of aryl methyl sites for hydroxylation is 1. The Bertz CT molecular complexity index is 480. The fourth-order valence-electron chi connectivity index (χ4n) is 1.23. The molecule has 0 amide bonds. The fourth-order valence-corrected chi connectivity index (χ4v) is 1.23. The van der Waals surface area contributed by atoms with Crippen molar-refractivity contribution in [2.75, 3.05) is 6.61 Å². The van der Waals surface area contributed by atoms with Crippen LogP contribution in [0, 0.1) is 6.92 Å². The summed E-state index contributed by atoms with van der Waals surface area (Å²) in [6, 6.07) is 1.46. The van der Waals surface area contributed by atoms with Crippen LogP contribution in [0.4, 0.5) is 17.6 Å². The number of aromatic nitrogens is 1. The van der Waals surface area contributed by atoms with Gasteiger partial charge < -0.3 is 15.7 Å². The molecule has 0 aliphatic heterocycles. The number of halogens is 4. The lowest BCUT2D eigenvalue weighted by Gasteiger charge is -2.17. The first-order chi connectivity index (χ1) is 8.79. The van der Waals surface area contributed by atoms with Crippen LogP contribution in [0.15, 0.2) is 17.4 Å². The molecular weight excluding hydrogens is 270 g/mol. The monoisotopic (exact) mass is 281 g/mol. The summed E-state index contributed by atoms with van der Waals surface area (Å²) in [5, 5.41) is 11.3. The summed E-state index contributed by atoms with van der Waals surface area (Å²) in [6.07, 6.45) is -2.64. The van der Waals surface area contributed by atoms with Crippen molar-refractivity contribution in [2.45, 2.75) is 19.3 Å². The summed E-state index contributed by atoms with van der Waals surface area (Å²) in [7, 11) is 0. The number of rotatable bonds is 5. The molecule has 3 N–H and O–H groups in total. The van der Waals surface area contributed by atoms with Crippen molar-refractivity contribution in [2.24, 2.45) is 10.9 Å². The van der Waals surface area contributed by atoms with Crippen LogP contribution in [0.3, 0.4) is 0 Å². The van der Waals surface area contributed by atoms with Crippen LogP contribution in [0.25, 0.3) is 0 Å². The molecule has 9 heteroatoms. The van der Waals surface area contributed by atoms with Gasteiger partial charge >= 0.3 is 12.3 Å². The first kappa shape index (κ1) is 15.0. The van der Waals surface area contributed by atoms with E-state index in [2.05, 4.69) is 14.9 Å². The molecule has 1 rings (SSSR count). The molecule has 1 aromatic rings. The van der Waals surface area contributed by atoms with E-state index in [9.17, 15) is 17.6 Å². The van der Waals surface area contributed by atoms with E-state index in [4.69, 9.17) is 10.9 Å². The molecule has 1 heterocycles. The highest BCUT2D eigenvalue weighted by molar-refractivity contribution is 6.00. The van der Waals surface area contributed by atoms with Gasteiger partial charge in [0.2, 0.25) is 5.88 Å². The second kappa shape index (κ2) is 5.72. The quantitative estimate of drug-likeness (QED) is 0.283. The van der Waals surface area contributed by atoms with Crippen LogP contribution < -0.4 is 10.5 Å². The predicted octanol–water partition coefficient (Wildman–Crippen LogP) is 1.76. The zero-order valence-corrected chi connectivity index (χ0v) is 9.78. The lowest BCUT2D eigenvalue weighted by Crippen LogP contribution is -2.34. The summed E-state index contributed by atoms with van der Waals surface area (Å²) >= 11 is 0. The molecule has 0 aromatic carbocycles. The smallest absolute Gasteiger partial charge is 0.340 e. The zero-order valence-electron chi connectivity index (χ0n) is 9.78. The van der Waals surface area contributed by atoms with Crippen molar-refractivity contribution < 1.29 is 27.5 Å². The van der Waals surface area contributed by atoms with E-state index in [0.29, 0.717) is 5.56 Å². The number of oxime groups is 1.